The number of amides is 1. The van der Waals surface area contributed by atoms with Crippen LogP contribution < -0.4 is 25.6 Å². The molecule has 36 heavy (non-hydrogen) atoms. The standard InChI is InChI=1S/C25H31ClN8O2/c1-7-23(35)30-18-12-19(21(36-6)13-20(18)34(5)11-10-33(3)4)31-25-29-15-17(26)24(32-25)16-8-9-22(27-2)28-14-16/h7-9,12-15H,1,10-11H2,2-6H3,(H,27,28)(H,30,35)(H,29,31,32). The molecule has 190 valence electrons. The number of carbonyl (C=O) groups excluding carboxylic acids is 1. The van der Waals surface area contributed by atoms with Gasteiger partial charge in [0, 0.05) is 45.0 Å². The van der Waals surface area contributed by atoms with Crippen LogP contribution in [-0.4, -0.2) is 74.1 Å². The Morgan fingerprint density at radius 1 is 1.14 bits per heavy atom. The maximum atomic E-state index is 12.2. The van der Waals surface area contributed by atoms with Crippen LogP contribution in [0.1, 0.15) is 0 Å². The first-order valence-corrected chi connectivity index (χ1v) is 11.6. The van der Waals surface area contributed by atoms with E-state index in [1.54, 1.807) is 26.4 Å². The zero-order chi connectivity index (χ0) is 26.2. The Kier molecular flexibility index (Phi) is 9.04. The maximum absolute atomic E-state index is 12.2. The van der Waals surface area contributed by atoms with Crippen LogP contribution >= 0.6 is 11.6 Å². The molecule has 0 bridgehead atoms. The number of benzene rings is 1. The van der Waals surface area contributed by atoms with E-state index >= 15 is 0 Å². The molecule has 11 heteroatoms. The molecule has 0 spiro atoms. The average molecular weight is 511 g/mol. The molecule has 10 nitrogen and oxygen atoms in total. The molecule has 0 unspecified atom stereocenters. The Bertz CT molecular complexity index is 1220. The Morgan fingerprint density at radius 2 is 1.92 bits per heavy atom. The molecule has 3 aromatic rings. The van der Waals surface area contributed by atoms with Crippen LogP contribution in [0.25, 0.3) is 11.3 Å². The summed E-state index contributed by atoms with van der Waals surface area (Å²) in [5.74, 6) is 1.27. The molecule has 2 heterocycles. The third-order valence-corrected chi connectivity index (χ3v) is 5.62. The number of carbonyl (C=O) groups is 1. The first kappa shape index (κ1) is 26.7. The van der Waals surface area contributed by atoms with Crippen LogP contribution in [0.4, 0.5) is 28.8 Å². The number of hydrogen-bond acceptors (Lipinski definition) is 9. The second-order valence-corrected chi connectivity index (χ2v) is 8.59. The molecule has 0 aliphatic carbocycles. The molecule has 0 fully saturated rings. The molecule has 2 aromatic heterocycles. The van der Waals surface area contributed by atoms with E-state index in [0.717, 1.165) is 30.2 Å². The molecule has 3 N–H and O–H groups in total. The number of aromatic nitrogens is 3. The summed E-state index contributed by atoms with van der Waals surface area (Å²) in [5, 5.41) is 9.44. The Balaban J connectivity index is 1.99. The van der Waals surface area contributed by atoms with Crippen molar-refractivity contribution in [2.75, 3.05) is 69.2 Å². The fourth-order valence-electron chi connectivity index (χ4n) is 3.34. The summed E-state index contributed by atoms with van der Waals surface area (Å²) < 4.78 is 5.65. The van der Waals surface area contributed by atoms with Gasteiger partial charge in [-0.15, -0.1) is 0 Å². The van der Waals surface area contributed by atoms with E-state index in [4.69, 9.17) is 16.3 Å². The number of anilines is 5. The number of nitrogens with zero attached hydrogens (tertiary/aromatic N) is 5. The average Bonchev–Trinajstić information content (AvgIpc) is 2.88. The van der Waals surface area contributed by atoms with Gasteiger partial charge >= 0.3 is 0 Å². The number of likely N-dealkylation sites (N-methyl/N-ethyl adjacent to an activating group) is 2. The number of pyridine rings is 1. The van der Waals surface area contributed by atoms with Crippen molar-refractivity contribution in [3.05, 3.63) is 54.3 Å². The van der Waals surface area contributed by atoms with Crippen molar-refractivity contribution in [2.24, 2.45) is 0 Å². The van der Waals surface area contributed by atoms with Crippen molar-refractivity contribution in [3.63, 3.8) is 0 Å². The third kappa shape index (κ3) is 6.61. The minimum atomic E-state index is -0.323. The molecule has 0 saturated heterocycles. The monoisotopic (exact) mass is 510 g/mol. The summed E-state index contributed by atoms with van der Waals surface area (Å²) in [5.41, 5.74) is 3.23. The van der Waals surface area contributed by atoms with Crippen molar-refractivity contribution in [2.45, 2.75) is 0 Å². The number of rotatable bonds is 11. The minimum absolute atomic E-state index is 0.306. The van der Waals surface area contributed by atoms with E-state index in [0.29, 0.717) is 33.8 Å². The van der Waals surface area contributed by atoms with Crippen molar-refractivity contribution in [3.8, 4) is 17.0 Å². The highest BCUT2D eigenvalue weighted by Gasteiger charge is 2.17. The van der Waals surface area contributed by atoms with Gasteiger partial charge < -0.3 is 30.5 Å². The second-order valence-electron chi connectivity index (χ2n) is 8.19. The summed E-state index contributed by atoms with van der Waals surface area (Å²) in [6, 6.07) is 7.35. The number of ether oxygens (including phenoxy) is 1. The summed E-state index contributed by atoms with van der Waals surface area (Å²) in [6.45, 7) is 5.13. The molecule has 0 atom stereocenters. The van der Waals surface area contributed by atoms with Crippen molar-refractivity contribution in [1.29, 1.82) is 0 Å². The predicted molar refractivity (Wildman–Crippen MR) is 147 cm³/mol. The van der Waals surface area contributed by atoms with Crippen molar-refractivity contribution < 1.29 is 9.53 Å². The number of methoxy groups -OCH3 is 1. The lowest BCUT2D eigenvalue weighted by atomic mass is 10.2. The normalized spacial score (nSPS) is 10.6. The highest BCUT2D eigenvalue weighted by Crippen LogP contribution is 2.38. The van der Waals surface area contributed by atoms with Gasteiger partial charge in [-0.2, -0.15) is 0 Å². The van der Waals surface area contributed by atoms with Crippen LogP contribution in [0.15, 0.2) is 49.3 Å². The van der Waals surface area contributed by atoms with E-state index in [2.05, 4.69) is 42.4 Å². The Labute approximate surface area is 216 Å². The molecule has 0 radical (unpaired) electrons. The molecule has 0 saturated carbocycles. The zero-order valence-electron chi connectivity index (χ0n) is 21.1. The van der Waals surface area contributed by atoms with Crippen molar-refractivity contribution >= 4 is 46.3 Å². The van der Waals surface area contributed by atoms with Gasteiger partial charge in [0.05, 0.1) is 41.1 Å². The van der Waals surface area contributed by atoms with Crippen LogP contribution in [0.3, 0.4) is 0 Å². The van der Waals surface area contributed by atoms with Crippen LogP contribution in [0.2, 0.25) is 5.02 Å². The lowest BCUT2D eigenvalue weighted by Crippen LogP contribution is -2.29. The Hall–Kier alpha value is -3.89. The number of hydrogen-bond donors (Lipinski definition) is 3. The van der Waals surface area contributed by atoms with Gasteiger partial charge in [0.25, 0.3) is 0 Å². The maximum Gasteiger partial charge on any atom is 0.247 e. The first-order valence-electron chi connectivity index (χ1n) is 11.2. The van der Waals surface area contributed by atoms with Gasteiger partial charge in [0.1, 0.15) is 11.6 Å². The van der Waals surface area contributed by atoms with Crippen LogP contribution in [-0.2, 0) is 4.79 Å². The van der Waals surface area contributed by atoms with Gasteiger partial charge in [-0.05, 0) is 38.4 Å². The quantitative estimate of drug-likeness (QED) is 0.328. The molecule has 1 amide bonds. The lowest BCUT2D eigenvalue weighted by Gasteiger charge is -2.26. The molecular formula is C25H31ClN8O2. The zero-order valence-corrected chi connectivity index (χ0v) is 21.8. The van der Waals surface area contributed by atoms with Gasteiger partial charge in [0.15, 0.2) is 0 Å². The lowest BCUT2D eigenvalue weighted by molar-refractivity contribution is -0.111. The van der Waals surface area contributed by atoms with Gasteiger partial charge in [-0.3, -0.25) is 4.79 Å². The topological polar surface area (TPSA) is 108 Å². The summed E-state index contributed by atoms with van der Waals surface area (Å²) >= 11 is 6.39. The molecular weight excluding hydrogens is 480 g/mol. The largest absolute Gasteiger partial charge is 0.494 e. The van der Waals surface area contributed by atoms with E-state index in [1.807, 2.05) is 44.2 Å². The molecule has 3 rings (SSSR count). The fraction of sp³-hybridized carbons (Fsp3) is 0.280. The second kappa shape index (κ2) is 12.2. The minimum Gasteiger partial charge on any atom is -0.494 e. The predicted octanol–water partition coefficient (Wildman–Crippen LogP) is 4.11. The molecule has 0 aliphatic rings. The summed E-state index contributed by atoms with van der Waals surface area (Å²) in [4.78, 5) is 29.5. The third-order valence-electron chi connectivity index (χ3n) is 5.34. The van der Waals surface area contributed by atoms with Gasteiger partial charge in [-0.1, -0.05) is 18.2 Å². The highest BCUT2D eigenvalue weighted by atomic mass is 35.5. The van der Waals surface area contributed by atoms with Crippen LogP contribution in [0, 0.1) is 0 Å². The number of nitrogens with one attached hydrogen (secondary N) is 3. The fourth-order valence-corrected chi connectivity index (χ4v) is 3.54. The van der Waals surface area contributed by atoms with Crippen molar-refractivity contribution in [1.82, 2.24) is 19.9 Å². The molecule has 0 aliphatic heterocycles. The van der Waals surface area contributed by atoms with E-state index < -0.39 is 0 Å². The SMILES string of the molecule is C=CC(=O)Nc1cc(Nc2ncc(Cl)c(-c3ccc(NC)nc3)n2)c(OC)cc1N(C)CCN(C)C. The first-order chi connectivity index (χ1) is 17.2. The highest BCUT2D eigenvalue weighted by molar-refractivity contribution is 6.32. The number of halogens is 1. The van der Waals surface area contributed by atoms with Gasteiger partial charge in [-0.25, -0.2) is 15.0 Å². The Morgan fingerprint density at radius 3 is 2.53 bits per heavy atom. The smallest absolute Gasteiger partial charge is 0.247 e. The van der Waals surface area contributed by atoms with E-state index in [-0.39, 0.29) is 5.91 Å². The summed E-state index contributed by atoms with van der Waals surface area (Å²) in [6.07, 6.45) is 4.43. The van der Waals surface area contributed by atoms with Crippen LogP contribution in [0.5, 0.6) is 5.75 Å². The van der Waals surface area contributed by atoms with E-state index in [1.165, 1.54) is 12.3 Å². The van der Waals surface area contributed by atoms with E-state index in [9.17, 15) is 4.79 Å². The molecule has 1 aromatic carbocycles. The van der Waals surface area contributed by atoms with Gasteiger partial charge in [0.2, 0.25) is 11.9 Å². The summed E-state index contributed by atoms with van der Waals surface area (Å²) in [7, 11) is 9.35.